The lowest BCUT2D eigenvalue weighted by atomic mass is 10.1. The van der Waals surface area contributed by atoms with Gasteiger partial charge in [-0.3, -0.25) is 0 Å². The highest BCUT2D eigenvalue weighted by Crippen LogP contribution is 2.36. The molecule has 0 aliphatic rings. The van der Waals surface area contributed by atoms with E-state index in [2.05, 4.69) is 6.58 Å². The van der Waals surface area contributed by atoms with Gasteiger partial charge >= 0.3 is 0 Å². The molecule has 2 aromatic carbocycles. The number of halogens is 3. The zero-order chi connectivity index (χ0) is 16.1. The highest BCUT2D eigenvalue weighted by atomic mass is 19.2. The molecule has 0 spiro atoms. The Labute approximate surface area is 126 Å². The molecule has 0 saturated carbocycles. The van der Waals surface area contributed by atoms with Crippen LogP contribution in [-0.2, 0) is 6.61 Å². The fraction of sp³-hybridized carbons (Fsp3) is 0.176. The highest BCUT2D eigenvalue weighted by Gasteiger charge is 2.25. The third-order valence-electron chi connectivity index (χ3n) is 3.03. The van der Waals surface area contributed by atoms with Gasteiger partial charge in [0.2, 0.25) is 11.6 Å². The summed E-state index contributed by atoms with van der Waals surface area (Å²) < 4.78 is 52.3. The Hall–Kier alpha value is -2.43. The van der Waals surface area contributed by atoms with Gasteiger partial charge in [0.1, 0.15) is 13.2 Å². The Morgan fingerprint density at radius 1 is 0.955 bits per heavy atom. The van der Waals surface area contributed by atoms with Crippen LogP contribution in [0.5, 0.6) is 11.5 Å². The van der Waals surface area contributed by atoms with E-state index >= 15 is 0 Å². The molecule has 2 aromatic rings. The zero-order valence-electron chi connectivity index (χ0n) is 12.0. The Bertz CT molecular complexity index is 670. The van der Waals surface area contributed by atoms with Gasteiger partial charge in [-0.1, -0.05) is 43.0 Å². The highest BCUT2D eigenvalue weighted by molar-refractivity contribution is 5.44. The van der Waals surface area contributed by atoms with Crippen molar-refractivity contribution in [3.05, 3.63) is 71.6 Å². The van der Waals surface area contributed by atoms with Crippen LogP contribution >= 0.6 is 0 Å². The number of hydrogen-bond donors (Lipinski definition) is 0. The summed E-state index contributed by atoms with van der Waals surface area (Å²) in [5, 5.41) is 0. The van der Waals surface area contributed by atoms with E-state index in [-0.39, 0.29) is 24.5 Å². The molecule has 0 heterocycles. The van der Waals surface area contributed by atoms with Gasteiger partial charge in [0.15, 0.2) is 17.3 Å². The van der Waals surface area contributed by atoms with E-state index in [0.717, 1.165) is 0 Å². The van der Waals surface area contributed by atoms with Crippen molar-refractivity contribution < 1.29 is 22.6 Å². The lowest BCUT2D eigenvalue weighted by Gasteiger charge is -2.15. The first kappa shape index (κ1) is 15.9. The van der Waals surface area contributed by atoms with E-state index in [9.17, 15) is 13.2 Å². The molecule has 2 rings (SSSR count). The maximum atomic E-state index is 14.3. The third kappa shape index (κ3) is 3.24. The summed E-state index contributed by atoms with van der Waals surface area (Å²) in [7, 11) is 0. The van der Waals surface area contributed by atoms with E-state index < -0.39 is 23.2 Å². The molecule has 0 aliphatic carbocycles. The first-order valence-electron chi connectivity index (χ1n) is 6.63. The average Bonchev–Trinajstić information content (AvgIpc) is 2.54. The SMILES string of the molecule is C=CCOc1c(C)c(F)c(F)c(OCc2ccccc2)c1F. The molecule has 0 bridgehead atoms. The lowest BCUT2D eigenvalue weighted by Crippen LogP contribution is -2.07. The molecule has 0 saturated heterocycles. The van der Waals surface area contributed by atoms with Crippen LogP contribution in [0, 0.1) is 24.4 Å². The van der Waals surface area contributed by atoms with Gasteiger partial charge in [-0.15, -0.1) is 0 Å². The van der Waals surface area contributed by atoms with Gasteiger partial charge in [0.25, 0.3) is 0 Å². The van der Waals surface area contributed by atoms with Crippen LogP contribution in [0.15, 0.2) is 43.0 Å². The van der Waals surface area contributed by atoms with Crippen LogP contribution in [0.2, 0.25) is 0 Å². The van der Waals surface area contributed by atoms with Crippen LogP contribution in [0.3, 0.4) is 0 Å². The van der Waals surface area contributed by atoms with Crippen molar-refractivity contribution in [2.75, 3.05) is 6.61 Å². The first-order valence-corrected chi connectivity index (χ1v) is 6.63. The van der Waals surface area contributed by atoms with Gasteiger partial charge in [-0.2, -0.15) is 8.78 Å². The minimum absolute atomic E-state index is 0.0268. The largest absolute Gasteiger partial charge is 0.486 e. The van der Waals surface area contributed by atoms with Gasteiger partial charge in [-0.05, 0) is 12.5 Å². The fourth-order valence-electron chi connectivity index (χ4n) is 1.90. The second kappa shape index (κ2) is 7.02. The topological polar surface area (TPSA) is 18.5 Å². The minimum Gasteiger partial charge on any atom is -0.486 e. The zero-order valence-corrected chi connectivity index (χ0v) is 12.0. The second-order valence-corrected chi connectivity index (χ2v) is 4.60. The molecule has 0 atom stereocenters. The summed E-state index contributed by atoms with van der Waals surface area (Å²) >= 11 is 0. The molecule has 5 heteroatoms. The second-order valence-electron chi connectivity index (χ2n) is 4.60. The van der Waals surface area contributed by atoms with Crippen LogP contribution in [0.1, 0.15) is 11.1 Å². The van der Waals surface area contributed by atoms with Crippen molar-refractivity contribution >= 4 is 0 Å². The molecule has 0 unspecified atom stereocenters. The molecule has 116 valence electrons. The molecular weight excluding hydrogens is 293 g/mol. The van der Waals surface area contributed by atoms with Gasteiger partial charge in [0, 0.05) is 5.56 Å². The molecule has 0 amide bonds. The smallest absolute Gasteiger partial charge is 0.210 e. The minimum atomic E-state index is -1.36. The molecule has 2 nitrogen and oxygen atoms in total. The number of rotatable bonds is 6. The summed E-state index contributed by atoms with van der Waals surface area (Å²) in [4.78, 5) is 0. The number of ether oxygens (including phenoxy) is 2. The Kier molecular flexibility index (Phi) is 5.09. The Morgan fingerprint density at radius 3 is 2.27 bits per heavy atom. The molecule has 22 heavy (non-hydrogen) atoms. The average molecular weight is 308 g/mol. The van der Waals surface area contributed by atoms with E-state index in [0.29, 0.717) is 5.56 Å². The molecule has 0 radical (unpaired) electrons. The Balaban J connectivity index is 2.33. The van der Waals surface area contributed by atoms with Crippen molar-refractivity contribution in [3.8, 4) is 11.5 Å². The fourth-order valence-corrected chi connectivity index (χ4v) is 1.90. The monoisotopic (exact) mass is 308 g/mol. The van der Waals surface area contributed by atoms with E-state index in [1.807, 2.05) is 0 Å². The number of hydrogen-bond acceptors (Lipinski definition) is 2. The maximum Gasteiger partial charge on any atom is 0.210 e. The molecular formula is C17H15F3O2. The summed E-state index contributed by atoms with van der Waals surface area (Å²) in [5.74, 6) is -4.78. The normalized spacial score (nSPS) is 10.4. The van der Waals surface area contributed by atoms with Crippen LogP contribution in [0.4, 0.5) is 13.2 Å². The van der Waals surface area contributed by atoms with Gasteiger partial charge in [0.05, 0.1) is 0 Å². The molecule has 0 aromatic heterocycles. The van der Waals surface area contributed by atoms with Gasteiger partial charge < -0.3 is 9.47 Å². The third-order valence-corrected chi connectivity index (χ3v) is 3.03. The standard InChI is InChI=1S/C17H15F3O2/c1-3-9-21-16-11(2)13(18)14(19)17(15(16)20)22-10-12-7-5-4-6-8-12/h3-8H,1,9-10H2,2H3. The predicted octanol–water partition coefficient (Wildman–Crippen LogP) is 4.56. The van der Waals surface area contributed by atoms with Crippen LogP contribution in [-0.4, -0.2) is 6.61 Å². The molecule has 0 N–H and O–H groups in total. The van der Waals surface area contributed by atoms with Crippen molar-refractivity contribution in [1.82, 2.24) is 0 Å². The van der Waals surface area contributed by atoms with Crippen molar-refractivity contribution in [1.29, 1.82) is 0 Å². The summed E-state index contributed by atoms with van der Waals surface area (Å²) in [5.41, 5.74) is 0.458. The van der Waals surface area contributed by atoms with E-state index in [4.69, 9.17) is 9.47 Å². The summed E-state index contributed by atoms with van der Waals surface area (Å²) in [6, 6.07) is 8.79. The van der Waals surface area contributed by atoms with Gasteiger partial charge in [-0.25, -0.2) is 4.39 Å². The van der Waals surface area contributed by atoms with Crippen LogP contribution in [0.25, 0.3) is 0 Å². The number of benzene rings is 2. The van der Waals surface area contributed by atoms with E-state index in [1.165, 1.54) is 13.0 Å². The lowest BCUT2D eigenvalue weighted by molar-refractivity contribution is 0.255. The van der Waals surface area contributed by atoms with Crippen molar-refractivity contribution in [2.45, 2.75) is 13.5 Å². The summed E-state index contributed by atoms with van der Waals surface area (Å²) in [6.07, 6.45) is 1.38. The summed E-state index contributed by atoms with van der Waals surface area (Å²) in [6.45, 7) is 4.55. The predicted molar refractivity (Wildman–Crippen MR) is 77.5 cm³/mol. The molecule has 0 aliphatic heterocycles. The molecule has 0 fully saturated rings. The maximum absolute atomic E-state index is 14.3. The van der Waals surface area contributed by atoms with Crippen molar-refractivity contribution in [3.63, 3.8) is 0 Å². The first-order chi connectivity index (χ1) is 10.6. The quantitative estimate of drug-likeness (QED) is 0.575. The Morgan fingerprint density at radius 2 is 1.64 bits per heavy atom. The van der Waals surface area contributed by atoms with Crippen LogP contribution < -0.4 is 9.47 Å². The van der Waals surface area contributed by atoms with Crippen molar-refractivity contribution in [2.24, 2.45) is 0 Å². The van der Waals surface area contributed by atoms with E-state index in [1.54, 1.807) is 30.3 Å².